The summed E-state index contributed by atoms with van der Waals surface area (Å²) in [5, 5.41) is 0. The van der Waals surface area contributed by atoms with Crippen molar-refractivity contribution in [3.8, 4) is 5.75 Å². The number of aromatic nitrogens is 1. The molecule has 0 aliphatic carbocycles. The Morgan fingerprint density at radius 2 is 1.68 bits per heavy atom. The smallest absolute Gasteiger partial charge is 0.484 e. The van der Waals surface area contributed by atoms with Crippen LogP contribution in [0.25, 0.3) is 0 Å². The van der Waals surface area contributed by atoms with Crippen LogP contribution in [0.15, 0.2) is 36.5 Å². The van der Waals surface area contributed by atoms with Gasteiger partial charge in [-0.15, -0.1) is 0 Å². The minimum absolute atomic E-state index is 0.0151. The third kappa shape index (κ3) is 3.39. The minimum atomic E-state index is -1.07. The first kappa shape index (κ1) is 17.8. The van der Waals surface area contributed by atoms with E-state index < -0.39 is 30.0 Å². The van der Waals surface area contributed by atoms with Crippen LogP contribution in [0, 0.1) is 11.6 Å². The highest BCUT2D eigenvalue weighted by molar-refractivity contribution is 6.62. The van der Waals surface area contributed by atoms with E-state index >= 15 is 0 Å². The molecule has 1 fully saturated rings. The van der Waals surface area contributed by atoms with Gasteiger partial charge in [0.05, 0.1) is 16.9 Å². The lowest BCUT2D eigenvalue weighted by molar-refractivity contribution is 0.00578. The number of nitrogens with zero attached hydrogens (tertiary/aromatic N) is 1. The van der Waals surface area contributed by atoms with Gasteiger partial charge in [0.2, 0.25) is 0 Å². The normalized spacial score (nSPS) is 18.4. The van der Waals surface area contributed by atoms with Gasteiger partial charge in [0, 0.05) is 11.7 Å². The SMILES string of the molecule is CC1(C)OB(c2ccc(OCc3ccccn3)c(F)c2F)OC1(C)C. The molecule has 0 amide bonds. The van der Waals surface area contributed by atoms with E-state index in [4.69, 9.17) is 14.0 Å². The average Bonchev–Trinajstić information content (AvgIpc) is 2.77. The molecule has 3 rings (SSSR count). The van der Waals surface area contributed by atoms with Crippen molar-refractivity contribution < 1.29 is 22.8 Å². The van der Waals surface area contributed by atoms with Crippen molar-refractivity contribution in [3.05, 3.63) is 53.9 Å². The number of hydrogen-bond donors (Lipinski definition) is 0. The highest BCUT2D eigenvalue weighted by Gasteiger charge is 2.52. The summed E-state index contributed by atoms with van der Waals surface area (Å²) in [6.07, 6.45) is 1.61. The summed E-state index contributed by atoms with van der Waals surface area (Å²) >= 11 is 0. The van der Waals surface area contributed by atoms with E-state index in [0.29, 0.717) is 5.69 Å². The van der Waals surface area contributed by atoms with Gasteiger partial charge in [-0.3, -0.25) is 4.98 Å². The second-order valence-electron chi connectivity index (χ2n) is 6.98. The van der Waals surface area contributed by atoms with Gasteiger partial charge in [0.15, 0.2) is 17.4 Å². The number of rotatable bonds is 4. The summed E-state index contributed by atoms with van der Waals surface area (Å²) in [6.45, 7) is 7.46. The first-order valence-corrected chi connectivity index (χ1v) is 8.07. The lowest BCUT2D eigenvalue weighted by atomic mass is 9.78. The van der Waals surface area contributed by atoms with E-state index in [0.717, 1.165) is 0 Å². The van der Waals surface area contributed by atoms with Crippen molar-refractivity contribution in [1.82, 2.24) is 4.98 Å². The van der Waals surface area contributed by atoms with Crippen LogP contribution in [0.2, 0.25) is 0 Å². The molecule has 1 aromatic carbocycles. The molecule has 7 heteroatoms. The molecule has 1 aliphatic rings. The summed E-state index contributed by atoms with van der Waals surface area (Å²) in [7, 11) is -0.968. The molecule has 0 atom stereocenters. The number of ether oxygens (including phenoxy) is 1. The van der Waals surface area contributed by atoms with Gasteiger partial charge in [-0.1, -0.05) is 12.1 Å². The van der Waals surface area contributed by atoms with Gasteiger partial charge in [-0.25, -0.2) is 4.39 Å². The fourth-order valence-corrected chi connectivity index (χ4v) is 2.45. The molecule has 1 aromatic heterocycles. The number of benzene rings is 1. The van der Waals surface area contributed by atoms with Crippen LogP contribution >= 0.6 is 0 Å². The van der Waals surface area contributed by atoms with Crippen molar-refractivity contribution in [2.24, 2.45) is 0 Å². The topological polar surface area (TPSA) is 40.6 Å². The zero-order chi connectivity index (χ0) is 18.2. The maximum atomic E-state index is 14.5. The van der Waals surface area contributed by atoms with Gasteiger partial charge >= 0.3 is 7.12 Å². The molecule has 0 spiro atoms. The van der Waals surface area contributed by atoms with Gasteiger partial charge in [0.1, 0.15) is 6.61 Å². The Hall–Kier alpha value is -1.99. The second kappa shape index (κ2) is 6.39. The Bertz CT molecular complexity index is 752. The number of pyridine rings is 1. The molecule has 25 heavy (non-hydrogen) atoms. The zero-order valence-electron chi connectivity index (χ0n) is 14.7. The quantitative estimate of drug-likeness (QED) is 0.797. The largest absolute Gasteiger partial charge is 0.497 e. The van der Waals surface area contributed by atoms with Crippen molar-refractivity contribution in [2.45, 2.75) is 45.5 Å². The highest BCUT2D eigenvalue weighted by Crippen LogP contribution is 2.37. The van der Waals surface area contributed by atoms with Crippen LogP contribution in [0.5, 0.6) is 5.75 Å². The third-order valence-corrected chi connectivity index (χ3v) is 4.69. The number of hydrogen-bond acceptors (Lipinski definition) is 4. The summed E-state index contributed by atoms with van der Waals surface area (Å²) < 4.78 is 45.8. The Kier molecular flexibility index (Phi) is 4.55. The molecule has 1 saturated heterocycles. The lowest BCUT2D eigenvalue weighted by Gasteiger charge is -2.32. The summed E-state index contributed by atoms with van der Waals surface area (Å²) in [6, 6.07) is 8.11. The fraction of sp³-hybridized carbons (Fsp3) is 0.389. The monoisotopic (exact) mass is 347 g/mol. The molecule has 0 radical (unpaired) electrons. The molecular formula is C18H20BF2NO3. The minimum Gasteiger partial charge on any atom is -0.484 e. The lowest BCUT2D eigenvalue weighted by Crippen LogP contribution is -2.41. The predicted octanol–water partition coefficient (Wildman–Crippen LogP) is 3.24. The standard InChI is InChI=1S/C18H20BF2NO3/c1-17(2)18(3,4)25-19(24-17)13-8-9-14(16(21)15(13)20)23-11-12-7-5-6-10-22-12/h5-10H,11H2,1-4H3. The van der Waals surface area contributed by atoms with Crippen molar-refractivity contribution in [1.29, 1.82) is 0 Å². The predicted molar refractivity (Wildman–Crippen MR) is 90.6 cm³/mol. The van der Waals surface area contributed by atoms with E-state index in [2.05, 4.69) is 4.98 Å². The molecule has 2 heterocycles. The van der Waals surface area contributed by atoms with Crippen molar-refractivity contribution >= 4 is 12.6 Å². The maximum Gasteiger partial charge on any atom is 0.497 e. The molecule has 2 aromatic rings. The fourth-order valence-electron chi connectivity index (χ4n) is 2.45. The van der Waals surface area contributed by atoms with Gasteiger partial charge < -0.3 is 14.0 Å². The molecule has 0 bridgehead atoms. The molecule has 1 aliphatic heterocycles. The first-order chi connectivity index (χ1) is 11.7. The van der Waals surface area contributed by atoms with Crippen LogP contribution < -0.4 is 10.2 Å². The zero-order valence-corrected chi connectivity index (χ0v) is 14.7. The molecule has 0 saturated carbocycles. The van der Waals surface area contributed by atoms with Crippen LogP contribution in [0.3, 0.4) is 0 Å². The van der Waals surface area contributed by atoms with Gasteiger partial charge in [0.25, 0.3) is 0 Å². The third-order valence-electron chi connectivity index (χ3n) is 4.69. The van der Waals surface area contributed by atoms with Crippen LogP contribution in [0.1, 0.15) is 33.4 Å². The van der Waals surface area contributed by atoms with E-state index in [9.17, 15) is 8.78 Å². The van der Waals surface area contributed by atoms with Crippen molar-refractivity contribution in [3.63, 3.8) is 0 Å². The van der Waals surface area contributed by atoms with Crippen LogP contribution in [0.4, 0.5) is 8.78 Å². The summed E-state index contributed by atoms with van der Waals surface area (Å²) in [4.78, 5) is 4.08. The Morgan fingerprint density at radius 3 is 2.28 bits per heavy atom. The molecule has 132 valence electrons. The molecule has 4 nitrogen and oxygen atoms in total. The van der Waals surface area contributed by atoms with Crippen molar-refractivity contribution in [2.75, 3.05) is 0 Å². The summed E-state index contributed by atoms with van der Waals surface area (Å²) in [5.74, 6) is -2.27. The molecule has 0 unspecified atom stereocenters. The number of halogens is 2. The second-order valence-corrected chi connectivity index (χ2v) is 6.98. The summed E-state index contributed by atoms with van der Waals surface area (Å²) in [5.41, 5.74) is -0.623. The van der Waals surface area contributed by atoms with E-state index in [1.54, 1.807) is 24.4 Å². The van der Waals surface area contributed by atoms with Gasteiger partial charge in [-0.05, 0) is 45.9 Å². The first-order valence-electron chi connectivity index (χ1n) is 8.07. The molecular weight excluding hydrogens is 327 g/mol. The van der Waals surface area contributed by atoms with Crippen LogP contribution in [-0.2, 0) is 15.9 Å². The van der Waals surface area contributed by atoms with Gasteiger partial charge in [-0.2, -0.15) is 4.39 Å². The van der Waals surface area contributed by atoms with E-state index in [1.807, 2.05) is 27.7 Å². The Labute approximate surface area is 146 Å². The Balaban J connectivity index is 1.79. The van der Waals surface area contributed by atoms with E-state index in [-0.39, 0.29) is 17.8 Å². The molecule has 0 N–H and O–H groups in total. The Morgan fingerprint density at radius 1 is 1.00 bits per heavy atom. The maximum absolute atomic E-state index is 14.5. The van der Waals surface area contributed by atoms with Crippen LogP contribution in [-0.4, -0.2) is 23.3 Å². The highest BCUT2D eigenvalue weighted by atomic mass is 19.2. The van der Waals surface area contributed by atoms with E-state index in [1.165, 1.54) is 12.1 Å². The average molecular weight is 347 g/mol.